The molecule has 0 bridgehead atoms. The quantitative estimate of drug-likeness (QED) is 0.708. The summed E-state index contributed by atoms with van der Waals surface area (Å²) in [4.78, 5) is 0. The standard InChI is InChI=1S/C16H18S/c1-11-5-4-6-14(7-11)16-9-12(2)8-15(16)13(3)10-17/h4-10,16-17H,1-3H3/b13-10+. The molecule has 0 radical (unpaired) electrons. The molecule has 0 spiro atoms. The topological polar surface area (TPSA) is 0 Å². The van der Waals surface area contributed by atoms with E-state index >= 15 is 0 Å². The van der Waals surface area contributed by atoms with Crippen LogP contribution in [0.3, 0.4) is 0 Å². The van der Waals surface area contributed by atoms with Crippen molar-refractivity contribution in [3.05, 3.63) is 69.7 Å². The Kier molecular flexibility index (Phi) is 3.58. The minimum absolute atomic E-state index is 0.387. The largest absolute Gasteiger partial charge is 0.151 e. The molecule has 2 rings (SSSR count). The summed E-state index contributed by atoms with van der Waals surface area (Å²) in [5.41, 5.74) is 6.62. The minimum atomic E-state index is 0.387. The Morgan fingerprint density at radius 3 is 2.71 bits per heavy atom. The first-order valence-electron chi connectivity index (χ1n) is 5.89. The zero-order valence-corrected chi connectivity index (χ0v) is 11.5. The van der Waals surface area contributed by atoms with E-state index in [0.29, 0.717) is 5.92 Å². The van der Waals surface area contributed by atoms with Gasteiger partial charge in [0.05, 0.1) is 0 Å². The van der Waals surface area contributed by atoms with Gasteiger partial charge in [0.15, 0.2) is 0 Å². The van der Waals surface area contributed by atoms with Crippen molar-refractivity contribution in [3.8, 4) is 0 Å². The van der Waals surface area contributed by atoms with Crippen LogP contribution < -0.4 is 0 Å². The first-order valence-corrected chi connectivity index (χ1v) is 6.41. The molecule has 1 atom stereocenters. The van der Waals surface area contributed by atoms with Crippen LogP contribution in [0.25, 0.3) is 0 Å². The Hall–Kier alpha value is -1.21. The molecule has 0 aromatic heterocycles. The fourth-order valence-electron chi connectivity index (χ4n) is 2.31. The lowest BCUT2D eigenvalue weighted by atomic mass is 9.89. The summed E-state index contributed by atoms with van der Waals surface area (Å²) in [7, 11) is 0. The van der Waals surface area contributed by atoms with Crippen LogP contribution in [0.2, 0.25) is 0 Å². The van der Waals surface area contributed by atoms with E-state index in [0.717, 1.165) is 0 Å². The molecule has 1 aromatic rings. The smallest absolute Gasteiger partial charge is 0.0278 e. The summed E-state index contributed by atoms with van der Waals surface area (Å²) >= 11 is 4.27. The number of rotatable bonds is 2. The molecule has 1 aliphatic rings. The first kappa shape index (κ1) is 12.3. The van der Waals surface area contributed by atoms with Crippen LogP contribution in [0.15, 0.2) is 58.5 Å². The highest BCUT2D eigenvalue weighted by Crippen LogP contribution is 2.37. The Morgan fingerprint density at radius 1 is 1.29 bits per heavy atom. The molecular weight excluding hydrogens is 224 g/mol. The molecule has 1 aliphatic carbocycles. The lowest BCUT2D eigenvalue weighted by molar-refractivity contribution is 1.02. The van der Waals surface area contributed by atoms with E-state index in [1.807, 2.05) is 5.41 Å². The van der Waals surface area contributed by atoms with Crippen LogP contribution in [0.4, 0.5) is 0 Å². The molecule has 1 heteroatoms. The third-order valence-electron chi connectivity index (χ3n) is 3.20. The number of hydrogen-bond donors (Lipinski definition) is 1. The van der Waals surface area contributed by atoms with Crippen LogP contribution in [0.1, 0.15) is 30.9 Å². The monoisotopic (exact) mass is 242 g/mol. The third kappa shape index (κ3) is 2.55. The molecule has 17 heavy (non-hydrogen) atoms. The second-order valence-corrected chi connectivity index (χ2v) is 4.97. The summed E-state index contributed by atoms with van der Waals surface area (Å²) in [6.45, 7) is 6.41. The maximum absolute atomic E-state index is 4.27. The maximum Gasteiger partial charge on any atom is 0.0278 e. The Morgan fingerprint density at radius 2 is 2.06 bits per heavy atom. The zero-order chi connectivity index (χ0) is 12.4. The molecule has 0 saturated carbocycles. The van der Waals surface area contributed by atoms with Crippen LogP contribution in [0.5, 0.6) is 0 Å². The van der Waals surface area contributed by atoms with Crippen molar-refractivity contribution in [2.75, 3.05) is 0 Å². The van der Waals surface area contributed by atoms with Crippen LogP contribution in [-0.4, -0.2) is 0 Å². The van der Waals surface area contributed by atoms with Gasteiger partial charge in [0, 0.05) is 5.92 Å². The van der Waals surface area contributed by atoms with E-state index in [1.54, 1.807) is 0 Å². The SMILES string of the molecule is CC1=CC(c2cccc(C)c2)C(/C(C)=C/S)=C1. The van der Waals surface area contributed by atoms with Crippen molar-refractivity contribution < 1.29 is 0 Å². The van der Waals surface area contributed by atoms with Gasteiger partial charge >= 0.3 is 0 Å². The molecule has 0 heterocycles. The number of allylic oxidation sites excluding steroid dienone is 5. The van der Waals surface area contributed by atoms with Crippen molar-refractivity contribution in [2.24, 2.45) is 0 Å². The van der Waals surface area contributed by atoms with Gasteiger partial charge in [-0.05, 0) is 42.9 Å². The Labute approximate surface area is 109 Å². The summed E-state index contributed by atoms with van der Waals surface area (Å²) in [5, 5.41) is 1.89. The van der Waals surface area contributed by atoms with Crippen molar-refractivity contribution in [1.82, 2.24) is 0 Å². The highest BCUT2D eigenvalue weighted by atomic mass is 32.1. The van der Waals surface area contributed by atoms with E-state index in [1.165, 1.54) is 27.8 Å². The fraction of sp³-hybridized carbons (Fsp3) is 0.250. The highest BCUT2D eigenvalue weighted by molar-refractivity contribution is 7.83. The lowest BCUT2D eigenvalue weighted by Gasteiger charge is -2.15. The Bertz CT molecular complexity index is 518. The summed E-state index contributed by atoms with van der Waals surface area (Å²) in [6.07, 6.45) is 4.58. The molecule has 0 saturated heterocycles. The second kappa shape index (κ2) is 4.97. The third-order valence-corrected chi connectivity index (χ3v) is 3.59. The van der Waals surface area contributed by atoms with Crippen molar-refractivity contribution >= 4 is 12.6 Å². The summed E-state index contributed by atoms with van der Waals surface area (Å²) in [5.74, 6) is 0.387. The predicted molar refractivity (Wildman–Crippen MR) is 78.5 cm³/mol. The van der Waals surface area contributed by atoms with E-state index in [4.69, 9.17) is 0 Å². The van der Waals surface area contributed by atoms with Crippen LogP contribution in [0, 0.1) is 6.92 Å². The van der Waals surface area contributed by atoms with Gasteiger partial charge in [0.1, 0.15) is 0 Å². The maximum atomic E-state index is 4.27. The van der Waals surface area contributed by atoms with E-state index in [2.05, 4.69) is 69.8 Å². The second-order valence-electron chi connectivity index (χ2n) is 4.71. The minimum Gasteiger partial charge on any atom is -0.151 e. The highest BCUT2D eigenvalue weighted by Gasteiger charge is 2.20. The van der Waals surface area contributed by atoms with Gasteiger partial charge in [0.25, 0.3) is 0 Å². The number of thiol groups is 1. The summed E-state index contributed by atoms with van der Waals surface area (Å²) in [6, 6.07) is 8.73. The number of aryl methyl sites for hydroxylation is 1. The van der Waals surface area contributed by atoms with E-state index in [9.17, 15) is 0 Å². The average Bonchev–Trinajstić information content (AvgIpc) is 2.70. The van der Waals surface area contributed by atoms with E-state index in [-0.39, 0.29) is 0 Å². The normalized spacial score (nSPS) is 20.2. The van der Waals surface area contributed by atoms with Gasteiger partial charge in [0.2, 0.25) is 0 Å². The number of benzene rings is 1. The van der Waals surface area contributed by atoms with E-state index < -0.39 is 0 Å². The van der Waals surface area contributed by atoms with Gasteiger partial charge in [-0.25, -0.2) is 0 Å². The Balaban J connectivity index is 2.42. The van der Waals surface area contributed by atoms with Crippen LogP contribution >= 0.6 is 12.6 Å². The predicted octanol–water partition coefficient (Wildman–Crippen LogP) is 4.80. The zero-order valence-electron chi connectivity index (χ0n) is 10.6. The van der Waals surface area contributed by atoms with Gasteiger partial charge in [-0.3, -0.25) is 0 Å². The van der Waals surface area contributed by atoms with Gasteiger partial charge in [-0.1, -0.05) is 47.6 Å². The van der Waals surface area contributed by atoms with Gasteiger partial charge < -0.3 is 0 Å². The lowest BCUT2D eigenvalue weighted by Crippen LogP contribution is -1.98. The van der Waals surface area contributed by atoms with Crippen molar-refractivity contribution in [3.63, 3.8) is 0 Å². The van der Waals surface area contributed by atoms with Gasteiger partial charge in [-0.15, -0.1) is 0 Å². The van der Waals surface area contributed by atoms with Gasteiger partial charge in [-0.2, -0.15) is 12.6 Å². The molecule has 0 amide bonds. The molecule has 0 aliphatic heterocycles. The first-order chi connectivity index (χ1) is 8.11. The molecule has 0 fully saturated rings. The molecule has 1 aromatic carbocycles. The van der Waals surface area contributed by atoms with Crippen LogP contribution in [-0.2, 0) is 0 Å². The summed E-state index contributed by atoms with van der Waals surface area (Å²) < 4.78 is 0. The molecule has 0 N–H and O–H groups in total. The number of hydrogen-bond acceptors (Lipinski definition) is 1. The molecular formula is C16H18S. The van der Waals surface area contributed by atoms with Crippen molar-refractivity contribution in [1.29, 1.82) is 0 Å². The molecule has 88 valence electrons. The molecule has 0 nitrogen and oxygen atoms in total. The molecule has 1 unspecified atom stereocenters. The average molecular weight is 242 g/mol. The van der Waals surface area contributed by atoms with Crippen molar-refractivity contribution in [2.45, 2.75) is 26.7 Å². The fourth-order valence-corrected chi connectivity index (χ4v) is 2.46.